The van der Waals surface area contributed by atoms with E-state index in [-0.39, 0.29) is 6.42 Å². The van der Waals surface area contributed by atoms with Crippen LogP contribution in [0, 0.1) is 5.41 Å². The summed E-state index contributed by atoms with van der Waals surface area (Å²) in [5.74, 6) is -0.732. The molecule has 3 N–H and O–H groups in total. The Hall–Kier alpha value is -1.37. The Bertz CT molecular complexity index is 527. The fourth-order valence-electron chi connectivity index (χ4n) is 2.75. The normalized spacial score (nSPS) is 36.8. The summed E-state index contributed by atoms with van der Waals surface area (Å²) in [6, 6.07) is 0. The minimum absolute atomic E-state index is 0.254. The molecule has 3 rings (SSSR count). The van der Waals surface area contributed by atoms with Crippen LogP contribution < -0.4 is 11.1 Å². The summed E-state index contributed by atoms with van der Waals surface area (Å²) in [5, 5.41) is 4.69. The summed E-state index contributed by atoms with van der Waals surface area (Å²) in [6.45, 7) is 0. The van der Waals surface area contributed by atoms with Gasteiger partial charge in [0.15, 0.2) is 0 Å². The predicted molar refractivity (Wildman–Crippen MR) is 61.1 cm³/mol. The third kappa shape index (κ3) is 1.15. The second kappa shape index (κ2) is 3.14. The van der Waals surface area contributed by atoms with Crippen molar-refractivity contribution in [3.8, 4) is 0 Å². The minimum Gasteiger partial charge on any atom is -0.371 e. The number of nitrogens with one attached hydrogen (secondary N) is 1. The molecule has 1 heterocycles. The second-order valence-corrected chi connectivity index (χ2v) is 5.65. The van der Waals surface area contributed by atoms with Crippen molar-refractivity contribution in [2.75, 3.05) is 0 Å². The Morgan fingerprint density at radius 2 is 2.22 bits per heavy atom. The maximum Gasteiger partial charge on any atom is 0.416 e. The number of thioether (sulfide) groups is 1. The van der Waals surface area contributed by atoms with Gasteiger partial charge < -0.3 is 11.1 Å². The number of alkyl halides is 3. The van der Waals surface area contributed by atoms with Gasteiger partial charge in [0.1, 0.15) is 10.3 Å². The van der Waals surface area contributed by atoms with E-state index in [1.54, 1.807) is 11.6 Å². The first-order valence-corrected chi connectivity index (χ1v) is 6.11. The number of carbonyl (C=O) groups is 1. The molecule has 0 aromatic carbocycles. The molecule has 1 spiro atoms. The van der Waals surface area contributed by atoms with Crippen molar-refractivity contribution < 1.29 is 18.0 Å². The third-order valence-corrected chi connectivity index (χ3v) is 5.02. The summed E-state index contributed by atoms with van der Waals surface area (Å²) in [6.07, 6.45) is -0.497. The van der Waals surface area contributed by atoms with E-state index < -0.39 is 27.9 Å². The van der Waals surface area contributed by atoms with Gasteiger partial charge in [-0.05, 0) is 23.5 Å². The zero-order valence-electron chi connectivity index (χ0n) is 9.04. The first-order chi connectivity index (χ1) is 8.32. The van der Waals surface area contributed by atoms with Crippen molar-refractivity contribution in [3.05, 3.63) is 34.9 Å². The number of amides is 1. The van der Waals surface area contributed by atoms with Crippen LogP contribution in [-0.4, -0.2) is 17.0 Å². The summed E-state index contributed by atoms with van der Waals surface area (Å²) in [5.41, 5.74) is 3.82. The van der Waals surface area contributed by atoms with Gasteiger partial charge in [-0.1, -0.05) is 17.8 Å². The molecular formula is C11H9F3N2OS. The van der Waals surface area contributed by atoms with Crippen LogP contribution >= 0.6 is 11.8 Å². The van der Waals surface area contributed by atoms with Gasteiger partial charge in [0.25, 0.3) is 0 Å². The molecule has 0 radical (unpaired) electrons. The van der Waals surface area contributed by atoms with Crippen LogP contribution in [0.1, 0.15) is 6.42 Å². The highest BCUT2D eigenvalue weighted by Crippen LogP contribution is 2.65. The topological polar surface area (TPSA) is 55.1 Å². The molecule has 2 aliphatic carbocycles. The van der Waals surface area contributed by atoms with E-state index in [1.807, 2.05) is 0 Å². The Morgan fingerprint density at radius 1 is 1.50 bits per heavy atom. The van der Waals surface area contributed by atoms with Crippen molar-refractivity contribution in [3.63, 3.8) is 0 Å². The molecule has 1 fully saturated rings. The van der Waals surface area contributed by atoms with E-state index in [1.165, 1.54) is 11.8 Å². The maximum absolute atomic E-state index is 12.7. The zero-order chi connectivity index (χ0) is 13.2. The highest BCUT2D eigenvalue weighted by atomic mass is 32.2. The molecule has 0 aromatic rings. The monoisotopic (exact) mass is 274 g/mol. The van der Waals surface area contributed by atoms with E-state index in [2.05, 4.69) is 5.32 Å². The van der Waals surface area contributed by atoms with Gasteiger partial charge in [0, 0.05) is 6.20 Å². The van der Waals surface area contributed by atoms with E-state index in [4.69, 9.17) is 5.73 Å². The number of nitrogens with two attached hydrogens (primary N) is 1. The van der Waals surface area contributed by atoms with E-state index in [9.17, 15) is 18.0 Å². The Labute approximate surface area is 105 Å². The molecule has 1 amide bonds. The standard InChI is InChI=1S/C11H9F3N2OS/c12-11(13,14)7-3-6-4-9(5-7,8(15)17)10(6)16-1-2-18-10/h1-3,5,16H,4H2,(H2,15,17). The molecule has 1 saturated carbocycles. The molecule has 18 heavy (non-hydrogen) atoms. The van der Waals surface area contributed by atoms with Gasteiger partial charge in [-0.3, -0.25) is 4.79 Å². The third-order valence-electron chi connectivity index (χ3n) is 3.65. The molecule has 3 nitrogen and oxygen atoms in total. The van der Waals surface area contributed by atoms with Crippen molar-refractivity contribution in [1.82, 2.24) is 5.32 Å². The Morgan fingerprint density at radius 3 is 2.72 bits per heavy atom. The molecule has 7 heteroatoms. The van der Waals surface area contributed by atoms with Gasteiger partial charge in [-0.2, -0.15) is 13.2 Å². The SMILES string of the molecule is NC(=O)C12C=C(C(F)(F)F)C=C(C1)C21NC=CS1. The summed E-state index contributed by atoms with van der Waals surface area (Å²) >= 11 is 1.29. The number of hydrogen-bond acceptors (Lipinski definition) is 3. The fraction of sp³-hybridized carbons (Fsp3) is 0.364. The van der Waals surface area contributed by atoms with Crippen LogP contribution in [0.15, 0.2) is 34.9 Å². The van der Waals surface area contributed by atoms with Crippen molar-refractivity contribution in [2.45, 2.75) is 17.5 Å². The van der Waals surface area contributed by atoms with Crippen LogP contribution in [0.25, 0.3) is 0 Å². The van der Waals surface area contributed by atoms with Crippen molar-refractivity contribution >= 4 is 17.7 Å². The van der Waals surface area contributed by atoms with Crippen molar-refractivity contribution in [2.24, 2.45) is 11.1 Å². The van der Waals surface area contributed by atoms with Gasteiger partial charge in [0.05, 0.1) is 5.57 Å². The molecule has 2 bridgehead atoms. The predicted octanol–water partition coefficient (Wildman–Crippen LogP) is 1.79. The molecular weight excluding hydrogens is 265 g/mol. The lowest BCUT2D eigenvalue weighted by atomic mass is 9.56. The first-order valence-electron chi connectivity index (χ1n) is 5.23. The number of allylic oxidation sites excluding steroid dienone is 2. The van der Waals surface area contributed by atoms with Gasteiger partial charge in [0.2, 0.25) is 5.91 Å². The number of carbonyl (C=O) groups excluding carboxylic acids is 1. The van der Waals surface area contributed by atoms with Crippen LogP contribution in [0.3, 0.4) is 0 Å². The van der Waals surface area contributed by atoms with Crippen molar-refractivity contribution in [1.29, 1.82) is 0 Å². The highest BCUT2D eigenvalue weighted by molar-refractivity contribution is 8.04. The highest BCUT2D eigenvalue weighted by Gasteiger charge is 2.68. The zero-order valence-corrected chi connectivity index (χ0v) is 9.86. The maximum atomic E-state index is 12.7. The Balaban J connectivity index is 2.10. The lowest BCUT2D eigenvalue weighted by Gasteiger charge is -2.57. The van der Waals surface area contributed by atoms with Gasteiger partial charge in [-0.25, -0.2) is 0 Å². The van der Waals surface area contributed by atoms with E-state index >= 15 is 0 Å². The Kier molecular flexibility index (Phi) is 2.04. The number of fused-ring (bicyclic) bond motifs is 4. The van der Waals surface area contributed by atoms with E-state index in [0.29, 0.717) is 5.57 Å². The second-order valence-electron chi connectivity index (χ2n) is 4.53. The molecule has 0 aromatic heterocycles. The van der Waals surface area contributed by atoms with Crippen LogP contribution in [0.4, 0.5) is 13.2 Å². The summed E-state index contributed by atoms with van der Waals surface area (Å²) in [4.78, 5) is 10.8. The van der Waals surface area contributed by atoms with Crippen LogP contribution in [0.5, 0.6) is 0 Å². The smallest absolute Gasteiger partial charge is 0.371 e. The fourth-order valence-corrected chi connectivity index (χ4v) is 3.95. The lowest BCUT2D eigenvalue weighted by molar-refractivity contribution is -0.130. The van der Waals surface area contributed by atoms with Crippen LogP contribution in [0.2, 0.25) is 0 Å². The quantitative estimate of drug-likeness (QED) is 0.766. The molecule has 3 aliphatic rings. The molecule has 1 aliphatic heterocycles. The van der Waals surface area contributed by atoms with Gasteiger partial charge in [-0.15, -0.1) is 0 Å². The minimum atomic E-state index is -4.45. The molecule has 96 valence electrons. The van der Waals surface area contributed by atoms with Gasteiger partial charge >= 0.3 is 6.18 Å². The summed E-state index contributed by atoms with van der Waals surface area (Å²) < 4.78 is 38.2. The average molecular weight is 274 g/mol. The lowest BCUT2D eigenvalue weighted by Crippen LogP contribution is -2.68. The molecule has 2 atom stereocenters. The number of halogens is 3. The molecule has 2 unspecified atom stereocenters. The number of primary amides is 1. The number of rotatable bonds is 1. The van der Waals surface area contributed by atoms with Crippen LogP contribution in [-0.2, 0) is 4.79 Å². The summed E-state index contributed by atoms with van der Waals surface area (Å²) in [7, 11) is 0. The number of hydrogen-bond donors (Lipinski definition) is 2. The average Bonchev–Trinajstić information content (AvgIpc) is 2.78. The first kappa shape index (κ1) is 11.7. The molecule has 0 saturated heterocycles. The van der Waals surface area contributed by atoms with E-state index in [0.717, 1.165) is 12.2 Å². The largest absolute Gasteiger partial charge is 0.416 e.